The number of benzene rings is 3. The second-order valence-electron chi connectivity index (χ2n) is 8.93. The summed E-state index contributed by atoms with van der Waals surface area (Å²) in [4.78, 5) is 29.3. The highest BCUT2D eigenvalue weighted by Gasteiger charge is 2.30. The van der Waals surface area contributed by atoms with E-state index in [0.29, 0.717) is 28.9 Å². The van der Waals surface area contributed by atoms with Crippen molar-refractivity contribution < 1.29 is 31.2 Å². The predicted octanol–water partition coefficient (Wildman–Crippen LogP) is 2.41. The Morgan fingerprint density at radius 1 is 1.00 bits per heavy atom. The zero-order valence-electron chi connectivity index (χ0n) is 21.2. The number of hydrogen-bond acceptors (Lipinski definition) is 8. The average molecular weight is 601 g/mol. The Bertz CT molecular complexity index is 1930. The van der Waals surface area contributed by atoms with Gasteiger partial charge in [0, 0.05) is 18.7 Å². The number of para-hydroxylation sites is 1. The number of methoxy groups -OCH3 is 1. The number of nitrogens with zero attached hydrogens (tertiary/aromatic N) is 3. The number of rotatable bonds is 7. The standard InChI is InChI=1S/C26H24N4O7S3/c1-37-24(31)13-14-29-22-11-10-20(39(27,33)34)16-23(22)38-26(29)28-25(32)18-6-8-19(9-7-18)40(35,36)30-15-12-17-4-2-3-5-21(17)30/h2-11,16H,12-15H2,1H3,(H2,27,33,34). The van der Waals surface area contributed by atoms with E-state index in [1.807, 2.05) is 12.1 Å². The number of fused-ring (bicyclic) bond motifs is 2. The fourth-order valence-corrected chi connectivity index (χ4v) is 7.65. The first-order valence-electron chi connectivity index (χ1n) is 12.0. The first kappa shape index (κ1) is 27.7. The second-order valence-corrected chi connectivity index (χ2v) is 13.4. The van der Waals surface area contributed by atoms with E-state index in [1.165, 1.54) is 53.9 Å². The Balaban J connectivity index is 1.48. The summed E-state index contributed by atoms with van der Waals surface area (Å²) in [6, 6.07) is 17.1. The molecular weight excluding hydrogens is 577 g/mol. The lowest BCUT2D eigenvalue weighted by Gasteiger charge is -2.19. The largest absolute Gasteiger partial charge is 0.469 e. The molecule has 1 aromatic heterocycles. The number of esters is 1. The normalized spacial score (nSPS) is 13.9. The van der Waals surface area contributed by atoms with Gasteiger partial charge in [-0.1, -0.05) is 29.5 Å². The number of sulfonamides is 2. The number of primary sulfonamides is 1. The van der Waals surface area contributed by atoms with Crippen molar-refractivity contribution in [2.24, 2.45) is 10.1 Å². The number of aryl methyl sites for hydroxylation is 1. The molecule has 40 heavy (non-hydrogen) atoms. The van der Waals surface area contributed by atoms with E-state index < -0.39 is 31.9 Å². The Morgan fingerprint density at radius 3 is 2.40 bits per heavy atom. The van der Waals surface area contributed by atoms with Crippen molar-refractivity contribution in [3.05, 3.63) is 82.7 Å². The SMILES string of the molecule is COC(=O)CCn1c(=NC(=O)c2ccc(S(=O)(=O)N3CCc4ccccc43)cc2)sc2cc(S(N)(=O)=O)ccc21. The summed E-state index contributed by atoms with van der Waals surface area (Å²) in [5.41, 5.74) is 2.31. The number of aromatic nitrogens is 1. The van der Waals surface area contributed by atoms with Gasteiger partial charge in [-0.15, -0.1) is 0 Å². The van der Waals surface area contributed by atoms with Gasteiger partial charge in [0.05, 0.1) is 39.2 Å². The molecule has 1 amide bonds. The lowest BCUT2D eigenvalue weighted by Crippen LogP contribution is -2.29. The minimum absolute atomic E-state index is 0.00711. The van der Waals surface area contributed by atoms with Crippen molar-refractivity contribution in [1.29, 1.82) is 0 Å². The summed E-state index contributed by atoms with van der Waals surface area (Å²) in [6.45, 7) is 0.463. The molecule has 0 saturated heterocycles. The summed E-state index contributed by atoms with van der Waals surface area (Å²) in [5.74, 6) is -1.11. The number of ether oxygens (including phenoxy) is 1. The molecule has 0 fully saturated rings. The molecule has 0 atom stereocenters. The lowest BCUT2D eigenvalue weighted by molar-refractivity contribution is -0.140. The van der Waals surface area contributed by atoms with E-state index >= 15 is 0 Å². The molecule has 0 spiro atoms. The zero-order valence-corrected chi connectivity index (χ0v) is 23.6. The topological polar surface area (TPSA) is 158 Å². The van der Waals surface area contributed by atoms with Gasteiger partial charge in [-0.3, -0.25) is 13.9 Å². The summed E-state index contributed by atoms with van der Waals surface area (Å²) >= 11 is 1.05. The van der Waals surface area contributed by atoms with Crippen LogP contribution >= 0.6 is 11.3 Å². The number of amides is 1. The molecule has 1 aliphatic rings. The first-order valence-corrected chi connectivity index (χ1v) is 15.8. The van der Waals surface area contributed by atoms with Gasteiger partial charge in [-0.05, 0) is 60.5 Å². The molecule has 2 N–H and O–H groups in total. The molecule has 5 rings (SSSR count). The zero-order chi connectivity index (χ0) is 28.7. The van der Waals surface area contributed by atoms with Gasteiger partial charge in [0.2, 0.25) is 10.0 Å². The third-order valence-electron chi connectivity index (χ3n) is 6.48. The highest BCUT2D eigenvalue weighted by molar-refractivity contribution is 7.92. The van der Waals surface area contributed by atoms with Crippen LogP contribution in [0.3, 0.4) is 0 Å². The number of nitrogens with two attached hydrogens (primary N) is 1. The van der Waals surface area contributed by atoms with Crippen molar-refractivity contribution in [3.8, 4) is 0 Å². The summed E-state index contributed by atoms with van der Waals surface area (Å²) in [7, 11) is -6.52. The number of anilines is 1. The van der Waals surface area contributed by atoms with E-state index in [0.717, 1.165) is 16.9 Å². The van der Waals surface area contributed by atoms with Crippen molar-refractivity contribution in [2.75, 3.05) is 18.0 Å². The molecule has 11 nitrogen and oxygen atoms in total. The Labute approximate surface area is 234 Å². The number of hydrogen-bond donors (Lipinski definition) is 1. The summed E-state index contributed by atoms with van der Waals surface area (Å²) in [6.07, 6.45) is 0.613. The van der Waals surface area contributed by atoms with Crippen LogP contribution < -0.4 is 14.2 Å². The van der Waals surface area contributed by atoms with E-state index in [2.05, 4.69) is 4.99 Å². The number of thiazole rings is 1. The smallest absolute Gasteiger partial charge is 0.307 e. The van der Waals surface area contributed by atoms with Crippen LogP contribution in [-0.4, -0.2) is 46.9 Å². The van der Waals surface area contributed by atoms with Crippen LogP contribution in [0.2, 0.25) is 0 Å². The minimum atomic E-state index is -3.96. The van der Waals surface area contributed by atoms with Gasteiger partial charge in [-0.25, -0.2) is 22.0 Å². The maximum atomic E-state index is 13.3. The van der Waals surface area contributed by atoms with Crippen LogP contribution in [0.25, 0.3) is 10.2 Å². The highest BCUT2D eigenvalue weighted by Crippen LogP contribution is 2.32. The van der Waals surface area contributed by atoms with Gasteiger partial charge >= 0.3 is 5.97 Å². The van der Waals surface area contributed by atoms with E-state index in [1.54, 1.807) is 16.7 Å². The van der Waals surface area contributed by atoms with E-state index in [4.69, 9.17) is 9.88 Å². The van der Waals surface area contributed by atoms with Crippen molar-refractivity contribution in [2.45, 2.75) is 29.2 Å². The van der Waals surface area contributed by atoms with Crippen LogP contribution in [0.1, 0.15) is 22.3 Å². The number of carbonyl (C=O) groups is 2. The van der Waals surface area contributed by atoms with Gasteiger partial charge in [-0.2, -0.15) is 4.99 Å². The van der Waals surface area contributed by atoms with Gasteiger partial charge in [0.15, 0.2) is 4.80 Å². The van der Waals surface area contributed by atoms with Gasteiger partial charge in [0.1, 0.15) is 0 Å². The first-order chi connectivity index (χ1) is 19.0. The number of carbonyl (C=O) groups excluding carboxylic acids is 2. The molecule has 208 valence electrons. The Hall–Kier alpha value is -3.85. The molecule has 0 aliphatic carbocycles. The summed E-state index contributed by atoms with van der Waals surface area (Å²) < 4.78 is 58.4. The van der Waals surface area contributed by atoms with Crippen LogP contribution in [-0.2, 0) is 42.5 Å². The monoisotopic (exact) mass is 600 g/mol. The molecule has 2 heterocycles. The molecule has 0 bridgehead atoms. The highest BCUT2D eigenvalue weighted by atomic mass is 32.2. The van der Waals surface area contributed by atoms with Crippen molar-refractivity contribution in [1.82, 2.24) is 4.57 Å². The van der Waals surface area contributed by atoms with Crippen LogP contribution in [0.4, 0.5) is 5.69 Å². The fourth-order valence-electron chi connectivity index (χ4n) is 4.44. The molecule has 4 aromatic rings. The quantitative estimate of drug-likeness (QED) is 0.319. The third-order valence-corrected chi connectivity index (χ3v) is 10.3. The molecule has 1 aliphatic heterocycles. The molecule has 0 unspecified atom stereocenters. The van der Waals surface area contributed by atoms with E-state index in [9.17, 15) is 26.4 Å². The van der Waals surface area contributed by atoms with Gasteiger partial charge in [0.25, 0.3) is 15.9 Å². The maximum absolute atomic E-state index is 13.3. The second kappa shape index (κ2) is 10.6. The third kappa shape index (κ3) is 5.30. The summed E-state index contributed by atoms with van der Waals surface area (Å²) in [5, 5.41) is 5.26. The Kier molecular flexibility index (Phi) is 7.35. The molecule has 0 saturated carbocycles. The minimum Gasteiger partial charge on any atom is -0.469 e. The fraction of sp³-hybridized carbons (Fsp3) is 0.192. The molecule has 3 aromatic carbocycles. The lowest BCUT2D eigenvalue weighted by atomic mass is 10.2. The average Bonchev–Trinajstić information content (AvgIpc) is 3.52. The maximum Gasteiger partial charge on any atom is 0.307 e. The molecule has 0 radical (unpaired) electrons. The Morgan fingerprint density at radius 2 is 1.70 bits per heavy atom. The predicted molar refractivity (Wildman–Crippen MR) is 149 cm³/mol. The van der Waals surface area contributed by atoms with Crippen LogP contribution in [0.15, 0.2) is 81.5 Å². The van der Waals surface area contributed by atoms with Crippen molar-refractivity contribution >= 4 is 59.2 Å². The van der Waals surface area contributed by atoms with E-state index in [-0.39, 0.29) is 33.1 Å². The van der Waals surface area contributed by atoms with Crippen LogP contribution in [0, 0.1) is 0 Å². The molecular formula is C26H24N4O7S3. The van der Waals surface area contributed by atoms with Crippen molar-refractivity contribution in [3.63, 3.8) is 0 Å². The van der Waals surface area contributed by atoms with Crippen LogP contribution in [0.5, 0.6) is 0 Å². The van der Waals surface area contributed by atoms with Gasteiger partial charge < -0.3 is 9.30 Å². The molecule has 14 heteroatoms.